The lowest BCUT2D eigenvalue weighted by atomic mass is 10.4. The summed E-state index contributed by atoms with van der Waals surface area (Å²) in [6.07, 6.45) is 1.71. The van der Waals surface area contributed by atoms with Gasteiger partial charge in [-0.2, -0.15) is 0 Å². The number of ether oxygens (including phenoxy) is 1. The zero-order chi connectivity index (χ0) is 12.0. The molecule has 1 heterocycles. The third-order valence-corrected chi connectivity index (χ3v) is 2.45. The Hall–Kier alpha value is -0.720. The minimum atomic E-state index is 0.167. The van der Waals surface area contributed by atoms with Gasteiger partial charge in [0.2, 0.25) is 0 Å². The van der Waals surface area contributed by atoms with E-state index in [1.54, 1.807) is 13.3 Å². The van der Waals surface area contributed by atoms with Crippen molar-refractivity contribution in [3.05, 3.63) is 22.8 Å². The van der Waals surface area contributed by atoms with Crippen molar-refractivity contribution >= 4 is 39.1 Å². The molecule has 1 rings (SSSR count). The molecule has 0 aliphatic heterocycles. The van der Waals surface area contributed by atoms with Crippen LogP contribution in [-0.2, 0) is 4.74 Å². The number of nitrogens with one attached hydrogen (secondary N) is 2. The lowest BCUT2D eigenvalue weighted by Gasteiger charge is -2.15. The average molecular weight is 304 g/mol. The highest BCUT2D eigenvalue weighted by molar-refractivity contribution is 9.10. The van der Waals surface area contributed by atoms with E-state index in [9.17, 15) is 0 Å². The first-order chi connectivity index (χ1) is 7.61. The summed E-state index contributed by atoms with van der Waals surface area (Å²) in [7, 11) is 1.66. The molecule has 88 valence electrons. The number of halogens is 1. The van der Waals surface area contributed by atoms with Crippen LogP contribution >= 0.6 is 28.1 Å². The zero-order valence-corrected chi connectivity index (χ0v) is 11.6. The minimum absolute atomic E-state index is 0.167. The molecule has 0 radical (unpaired) electrons. The van der Waals surface area contributed by atoms with E-state index in [-0.39, 0.29) is 6.04 Å². The van der Waals surface area contributed by atoms with Gasteiger partial charge in [-0.1, -0.05) is 0 Å². The van der Waals surface area contributed by atoms with Crippen LogP contribution in [0.25, 0.3) is 0 Å². The Labute approximate surface area is 109 Å². The SMILES string of the molecule is COCC(C)NC(=S)Nc1ccc(Br)cn1. The summed E-state index contributed by atoms with van der Waals surface area (Å²) in [4.78, 5) is 4.15. The number of rotatable bonds is 4. The second-order valence-corrected chi connectivity index (χ2v) is 4.64. The number of hydrogen-bond acceptors (Lipinski definition) is 3. The van der Waals surface area contributed by atoms with E-state index in [1.165, 1.54) is 0 Å². The van der Waals surface area contributed by atoms with E-state index in [2.05, 4.69) is 31.5 Å². The highest BCUT2D eigenvalue weighted by atomic mass is 79.9. The van der Waals surface area contributed by atoms with Crippen LogP contribution in [0.2, 0.25) is 0 Å². The van der Waals surface area contributed by atoms with Gasteiger partial charge >= 0.3 is 0 Å². The van der Waals surface area contributed by atoms with Crippen molar-refractivity contribution in [2.75, 3.05) is 19.0 Å². The van der Waals surface area contributed by atoms with Crippen molar-refractivity contribution in [1.29, 1.82) is 0 Å². The molecule has 0 bridgehead atoms. The predicted octanol–water partition coefficient (Wildman–Crippen LogP) is 2.17. The first-order valence-corrected chi connectivity index (χ1v) is 6.00. The Morgan fingerprint density at radius 2 is 2.38 bits per heavy atom. The first-order valence-electron chi connectivity index (χ1n) is 4.80. The van der Waals surface area contributed by atoms with E-state index in [1.807, 2.05) is 19.1 Å². The molecule has 0 saturated heterocycles. The van der Waals surface area contributed by atoms with Crippen LogP contribution in [0.5, 0.6) is 0 Å². The number of methoxy groups -OCH3 is 1. The van der Waals surface area contributed by atoms with Crippen LogP contribution in [0, 0.1) is 0 Å². The molecule has 1 aromatic heterocycles. The van der Waals surface area contributed by atoms with Crippen molar-refractivity contribution in [3.8, 4) is 0 Å². The van der Waals surface area contributed by atoms with Crippen LogP contribution in [0.4, 0.5) is 5.82 Å². The van der Waals surface area contributed by atoms with Gasteiger partial charge in [0.1, 0.15) is 5.82 Å². The summed E-state index contributed by atoms with van der Waals surface area (Å²) in [6.45, 7) is 2.60. The highest BCUT2D eigenvalue weighted by Gasteiger charge is 2.03. The second-order valence-electron chi connectivity index (χ2n) is 3.32. The van der Waals surface area contributed by atoms with Crippen LogP contribution in [-0.4, -0.2) is 29.9 Å². The molecule has 0 aromatic carbocycles. The van der Waals surface area contributed by atoms with E-state index in [0.29, 0.717) is 17.5 Å². The summed E-state index contributed by atoms with van der Waals surface area (Å²) in [6, 6.07) is 3.91. The Balaban J connectivity index is 2.42. The molecule has 4 nitrogen and oxygen atoms in total. The van der Waals surface area contributed by atoms with Crippen molar-refractivity contribution in [2.24, 2.45) is 0 Å². The molecule has 0 spiro atoms. The maximum absolute atomic E-state index is 5.13. The average Bonchev–Trinajstić information content (AvgIpc) is 2.21. The van der Waals surface area contributed by atoms with E-state index >= 15 is 0 Å². The lowest BCUT2D eigenvalue weighted by Crippen LogP contribution is -2.38. The highest BCUT2D eigenvalue weighted by Crippen LogP contribution is 2.10. The largest absolute Gasteiger partial charge is 0.383 e. The molecule has 0 aliphatic rings. The number of pyridine rings is 1. The Morgan fingerprint density at radius 1 is 1.62 bits per heavy atom. The topological polar surface area (TPSA) is 46.2 Å². The summed E-state index contributed by atoms with van der Waals surface area (Å²) in [5.41, 5.74) is 0. The lowest BCUT2D eigenvalue weighted by molar-refractivity contribution is 0.179. The molecule has 0 amide bonds. The number of nitrogens with zero attached hydrogens (tertiary/aromatic N) is 1. The van der Waals surface area contributed by atoms with Gasteiger partial charge in [0.05, 0.1) is 6.61 Å². The molecule has 2 N–H and O–H groups in total. The van der Waals surface area contributed by atoms with E-state index in [0.717, 1.165) is 4.47 Å². The van der Waals surface area contributed by atoms with Gasteiger partial charge < -0.3 is 15.4 Å². The summed E-state index contributed by atoms with van der Waals surface area (Å²) in [5.74, 6) is 0.713. The van der Waals surface area contributed by atoms with Crippen molar-refractivity contribution in [2.45, 2.75) is 13.0 Å². The number of thiocarbonyl (C=S) groups is 1. The van der Waals surface area contributed by atoms with Crippen molar-refractivity contribution in [1.82, 2.24) is 10.3 Å². The maximum atomic E-state index is 5.13. The molecular weight excluding hydrogens is 290 g/mol. The van der Waals surface area contributed by atoms with Gasteiger partial charge in [-0.15, -0.1) is 0 Å². The van der Waals surface area contributed by atoms with Crippen LogP contribution in [0.15, 0.2) is 22.8 Å². The number of anilines is 1. The van der Waals surface area contributed by atoms with Gasteiger partial charge in [-0.25, -0.2) is 4.98 Å². The smallest absolute Gasteiger partial charge is 0.172 e. The summed E-state index contributed by atoms with van der Waals surface area (Å²) < 4.78 is 5.93. The summed E-state index contributed by atoms with van der Waals surface area (Å²) in [5, 5.41) is 6.62. The van der Waals surface area contributed by atoms with Crippen LogP contribution in [0.3, 0.4) is 0 Å². The molecule has 1 atom stereocenters. The third kappa shape index (κ3) is 4.87. The van der Waals surface area contributed by atoms with Gasteiger partial charge in [0, 0.05) is 23.8 Å². The van der Waals surface area contributed by atoms with Crippen LogP contribution in [0.1, 0.15) is 6.92 Å². The molecule has 1 aromatic rings. The fourth-order valence-electron chi connectivity index (χ4n) is 1.12. The van der Waals surface area contributed by atoms with Gasteiger partial charge in [-0.3, -0.25) is 0 Å². The Morgan fingerprint density at radius 3 is 2.94 bits per heavy atom. The first kappa shape index (κ1) is 13.3. The molecule has 1 unspecified atom stereocenters. The fraction of sp³-hybridized carbons (Fsp3) is 0.400. The second kappa shape index (κ2) is 6.78. The monoisotopic (exact) mass is 303 g/mol. The van der Waals surface area contributed by atoms with Gasteiger partial charge in [0.25, 0.3) is 0 Å². The zero-order valence-electron chi connectivity index (χ0n) is 9.16. The standard InChI is InChI=1S/C10H14BrN3OS/c1-7(6-15-2)13-10(16)14-9-4-3-8(11)5-12-9/h3-5,7H,6H2,1-2H3,(H2,12,13,14,16). The minimum Gasteiger partial charge on any atom is -0.383 e. The Kier molecular flexibility index (Phi) is 5.65. The van der Waals surface area contributed by atoms with Gasteiger partial charge in [0.15, 0.2) is 5.11 Å². The molecule has 0 aliphatic carbocycles. The van der Waals surface area contributed by atoms with E-state index < -0.39 is 0 Å². The normalized spacial score (nSPS) is 11.9. The molecule has 16 heavy (non-hydrogen) atoms. The van der Waals surface area contributed by atoms with Crippen molar-refractivity contribution < 1.29 is 4.74 Å². The molecule has 6 heteroatoms. The quantitative estimate of drug-likeness (QED) is 0.835. The molecular formula is C10H14BrN3OS. The maximum Gasteiger partial charge on any atom is 0.172 e. The third-order valence-electron chi connectivity index (χ3n) is 1.76. The van der Waals surface area contributed by atoms with E-state index in [4.69, 9.17) is 17.0 Å². The summed E-state index contributed by atoms with van der Waals surface area (Å²) >= 11 is 8.45. The van der Waals surface area contributed by atoms with Crippen LogP contribution < -0.4 is 10.6 Å². The number of aromatic nitrogens is 1. The van der Waals surface area contributed by atoms with Gasteiger partial charge in [-0.05, 0) is 47.2 Å². The molecule has 0 fully saturated rings. The Bertz CT molecular complexity index is 344. The van der Waals surface area contributed by atoms with Crippen molar-refractivity contribution in [3.63, 3.8) is 0 Å². The number of hydrogen-bond donors (Lipinski definition) is 2. The fourth-order valence-corrected chi connectivity index (χ4v) is 1.66. The molecule has 0 saturated carbocycles. The predicted molar refractivity (Wildman–Crippen MR) is 72.6 cm³/mol.